The Balaban J connectivity index is 3.17. The lowest BCUT2D eigenvalue weighted by atomic mass is 10.4. The molecule has 0 radical (unpaired) electrons. The number of hydrogen-bond acceptors (Lipinski definition) is 4. The van der Waals surface area contributed by atoms with Gasteiger partial charge in [0.2, 0.25) is 0 Å². The second-order valence-corrected chi connectivity index (χ2v) is 4.51. The zero-order valence-electron chi connectivity index (χ0n) is 8.32. The van der Waals surface area contributed by atoms with E-state index in [9.17, 15) is 4.21 Å². The Kier molecular flexibility index (Phi) is 8.64. The molecule has 5 heteroatoms. The monoisotopic (exact) mass is 209 g/mol. The normalized spacial score (nSPS) is 15.6. The van der Waals surface area contributed by atoms with Crippen LogP contribution in [0.1, 0.15) is 6.92 Å². The van der Waals surface area contributed by atoms with Crippen LogP contribution in [0.2, 0.25) is 0 Å². The first-order valence-corrected chi connectivity index (χ1v) is 5.83. The average Bonchev–Trinajstić information content (AvgIpc) is 2.02. The van der Waals surface area contributed by atoms with Gasteiger partial charge in [0.05, 0.1) is 19.8 Å². The Morgan fingerprint density at radius 1 is 1.38 bits per heavy atom. The zero-order chi connectivity index (χ0) is 10.1. The molecule has 0 aromatic heterocycles. The van der Waals surface area contributed by atoms with Crippen LogP contribution in [0.25, 0.3) is 0 Å². The summed E-state index contributed by atoms with van der Waals surface area (Å²) in [5.41, 5.74) is 5.49. The van der Waals surface area contributed by atoms with Gasteiger partial charge in [-0.25, -0.2) is 0 Å². The molecule has 0 rings (SSSR count). The number of methoxy groups -OCH3 is 1. The lowest BCUT2D eigenvalue weighted by Crippen LogP contribution is -2.25. The highest BCUT2D eigenvalue weighted by molar-refractivity contribution is 7.85. The van der Waals surface area contributed by atoms with Crippen molar-refractivity contribution >= 4 is 10.8 Å². The molecule has 4 nitrogen and oxygen atoms in total. The second kappa shape index (κ2) is 8.62. The van der Waals surface area contributed by atoms with Gasteiger partial charge in [0, 0.05) is 35.5 Å². The number of hydrogen-bond donors (Lipinski definition) is 1. The van der Waals surface area contributed by atoms with E-state index < -0.39 is 10.8 Å². The summed E-state index contributed by atoms with van der Waals surface area (Å²) in [5, 5.41) is 0. The van der Waals surface area contributed by atoms with Gasteiger partial charge in [0.25, 0.3) is 0 Å². The first-order valence-electron chi connectivity index (χ1n) is 4.34. The lowest BCUT2D eigenvalue weighted by Gasteiger charge is -2.05. The van der Waals surface area contributed by atoms with Gasteiger partial charge < -0.3 is 15.2 Å². The van der Waals surface area contributed by atoms with Crippen molar-refractivity contribution < 1.29 is 13.7 Å². The Bertz CT molecular complexity index is 141. The highest BCUT2D eigenvalue weighted by Crippen LogP contribution is 1.87. The standard InChI is InChI=1S/C8H19NO3S/c1-8(9)7-13(10)6-5-12-4-3-11-2/h8H,3-7,9H2,1-2H3. The van der Waals surface area contributed by atoms with Crippen molar-refractivity contribution in [3.63, 3.8) is 0 Å². The summed E-state index contributed by atoms with van der Waals surface area (Å²) in [6.07, 6.45) is 0. The van der Waals surface area contributed by atoms with Crippen LogP contribution in [-0.4, -0.2) is 48.7 Å². The molecule has 80 valence electrons. The van der Waals surface area contributed by atoms with Gasteiger partial charge >= 0.3 is 0 Å². The fraction of sp³-hybridized carbons (Fsp3) is 1.00. The SMILES string of the molecule is COCCOCCS(=O)CC(C)N. The third kappa shape index (κ3) is 9.95. The zero-order valence-corrected chi connectivity index (χ0v) is 9.14. The lowest BCUT2D eigenvalue weighted by molar-refractivity contribution is 0.0787. The fourth-order valence-electron chi connectivity index (χ4n) is 0.773. The van der Waals surface area contributed by atoms with Crippen LogP contribution in [0.4, 0.5) is 0 Å². The summed E-state index contributed by atoms with van der Waals surface area (Å²) in [6.45, 7) is 3.51. The average molecular weight is 209 g/mol. The highest BCUT2D eigenvalue weighted by Gasteiger charge is 2.02. The largest absolute Gasteiger partial charge is 0.382 e. The molecule has 0 fully saturated rings. The minimum absolute atomic E-state index is 0.000177. The van der Waals surface area contributed by atoms with E-state index in [0.717, 1.165) is 0 Å². The van der Waals surface area contributed by atoms with Crippen LogP contribution in [0.15, 0.2) is 0 Å². The Labute approximate surface area is 82.2 Å². The van der Waals surface area contributed by atoms with Gasteiger partial charge in [-0.3, -0.25) is 4.21 Å². The van der Waals surface area contributed by atoms with Crippen LogP contribution >= 0.6 is 0 Å². The highest BCUT2D eigenvalue weighted by atomic mass is 32.2. The molecule has 0 saturated carbocycles. The van der Waals surface area contributed by atoms with Crippen LogP contribution in [0.3, 0.4) is 0 Å². The van der Waals surface area contributed by atoms with E-state index in [0.29, 0.717) is 31.3 Å². The summed E-state index contributed by atoms with van der Waals surface area (Å²) in [7, 11) is 0.776. The van der Waals surface area contributed by atoms with Crippen molar-refractivity contribution in [2.24, 2.45) is 5.73 Å². The minimum atomic E-state index is -0.846. The van der Waals surface area contributed by atoms with Crippen LogP contribution in [-0.2, 0) is 20.3 Å². The molecule has 0 aliphatic rings. The van der Waals surface area contributed by atoms with E-state index in [1.54, 1.807) is 7.11 Å². The first-order chi connectivity index (χ1) is 6.16. The second-order valence-electron chi connectivity index (χ2n) is 2.89. The smallest absolute Gasteiger partial charge is 0.0700 e. The number of nitrogens with two attached hydrogens (primary N) is 1. The maximum absolute atomic E-state index is 11.2. The quantitative estimate of drug-likeness (QED) is 0.560. The van der Waals surface area contributed by atoms with Crippen LogP contribution in [0, 0.1) is 0 Å². The van der Waals surface area contributed by atoms with Crippen molar-refractivity contribution in [2.45, 2.75) is 13.0 Å². The van der Waals surface area contributed by atoms with Crippen molar-refractivity contribution in [1.29, 1.82) is 0 Å². The van der Waals surface area contributed by atoms with Gasteiger partial charge in [-0.2, -0.15) is 0 Å². The van der Waals surface area contributed by atoms with Crippen molar-refractivity contribution in [3.05, 3.63) is 0 Å². The molecule has 2 unspecified atom stereocenters. The van der Waals surface area contributed by atoms with Gasteiger partial charge in [-0.15, -0.1) is 0 Å². The van der Waals surface area contributed by atoms with E-state index in [1.165, 1.54) is 0 Å². The summed E-state index contributed by atoms with van der Waals surface area (Å²) < 4.78 is 21.2. The summed E-state index contributed by atoms with van der Waals surface area (Å²) >= 11 is 0. The molecule has 0 aliphatic carbocycles. The van der Waals surface area contributed by atoms with E-state index in [4.69, 9.17) is 15.2 Å². The molecule has 13 heavy (non-hydrogen) atoms. The third-order valence-corrected chi connectivity index (χ3v) is 2.86. The maximum atomic E-state index is 11.2. The Morgan fingerprint density at radius 2 is 2.08 bits per heavy atom. The topological polar surface area (TPSA) is 61.5 Å². The first kappa shape index (κ1) is 13.0. The van der Waals surface area contributed by atoms with Crippen molar-refractivity contribution in [1.82, 2.24) is 0 Å². The molecule has 0 aromatic rings. The predicted octanol–water partition coefficient (Wildman–Crippen LogP) is -0.255. The van der Waals surface area contributed by atoms with Crippen molar-refractivity contribution in [2.75, 3.05) is 38.4 Å². The van der Waals surface area contributed by atoms with E-state index in [1.807, 2.05) is 6.92 Å². The van der Waals surface area contributed by atoms with E-state index >= 15 is 0 Å². The van der Waals surface area contributed by atoms with Crippen LogP contribution in [0.5, 0.6) is 0 Å². The van der Waals surface area contributed by atoms with Crippen molar-refractivity contribution in [3.8, 4) is 0 Å². The predicted molar refractivity (Wildman–Crippen MR) is 54.2 cm³/mol. The molecular formula is C8H19NO3S. The van der Waals surface area contributed by atoms with Gasteiger partial charge in [0.15, 0.2) is 0 Å². The molecule has 0 spiro atoms. The van der Waals surface area contributed by atoms with Gasteiger partial charge in [-0.1, -0.05) is 0 Å². The molecule has 0 amide bonds. The van der Waals surface area contributed by atoms with Crippen LogP contribution < -0.4 is 5.73 Å². The number of ether oxygens (including phenoxy) is 2. The fourth-order valence-corrected chi connectivity index (χ4v) is 1.83. The van der Waals surface area contributed by atoms with E-state index in [2.05, 4.69) is 0 Å². The number of rotatable bonds is 8. The molecule has 0 saturated heterocycles. The minimum Gasteiger partial charge on any atom is -0.382 e. The molecule has 0 aliphatic heterocycles. The molecular weight excluding hydrogens is 190 g/mol. The molecule has 2 N–H and O–H groups in total. The molecule has 0 heterocycles. The van der Waals surface area contributed by atoms with Gasteiger partial charge in [-0.05, 0) is 6.92 Å². The third-order valence-electron chi connectivity index (χ3n) is 1.34. The van der Waals surface area contributed by atoms with E-state index in [-0.39, 0.29) is 6.04 Å². The molecule has 0 bridgehead atoms. The molecule has 0 aromatic carbocycles. The molecule has 2 atom stereocenters. The summed E-state index contributed by atoms with van der Waals surface area (Å²) in [5.74, 6) is 1.11. The summed E-state index contributed by atoms with van der Waals surface area (Å²) in [4.78, 5) is 0. The maximum Gasteiger partial charge on any atom is 0.0700 e. The Hall–Kier alpha value is 0.0300. The summed E-state index contributed by atoms with van der Waals surface area (Å²) in [6, 6.07) is -0.000177. The Morgan fingerprint density at radius 3 is 2.62 bits per heavy atom. The van der Waals surface area contributed by atoms with Gasteiger partial charge in [0.1, 0.15) is 0 Å².